The third-order valence-corrected chi connectivity index (χ3v) is 5.89. The Morgan fingerprint density at radius 2 is 1.81 bits per heavy atom. The zero-order valence-electron chi connectivity index (χ0n) is 18.8. The van der Waals surface area contributed by atoms with Gasteiger partial charge >= 0.3 is 0 Å². The van der Waals surface area contributed by atoms with Gasteiger partial charge in [-0.05, 0) is 36.2 Å². The number of nitrogens with one attached hydrogen (secondary N) is 2. The van der Waals surface area contributed by atoms with Crippen LogP contribution in [0.3, 0.4) is 0 Å². The molecule has 0 aliphatic carbocycles. The van der Waals surface area contributed by atoms with E-state index in [0.717, 1.165) is 49.7 Å². The van der Waals surface area contributed by atoms with Crippen molar-refractivity contribution in [3.8, 4) is 0 Å². The lowest BCUT2D eigenvalue weighted by atomic mass is 10.1. The lowest BCUT2D eigenvalue weighted by molar-refractivity contribution is 0.0383. The van der Waals surface area contributed by atoms with Crippen LogP contribution in [0.5, 0.6) is 0 Å². The van der Waals surface area contributed by atoms with Crippen LogP contribution < -0.4 is 10.6 Å². The molecule has 2 aromatic carbocycles. The fourth-order valence-electron chi connectivity index (χ4n) is 4.24. The van der Waals surface area contributed by atoms with Gasteiger partial charge in [-0.15, -0.1) is 0 Å². The first kappa shape index (κ1) is 22.3. The van der Waals surface area contributed by atoms with Crippen LogP contribution in [0.1, 0.15) is 46.3 Å². The molecule has 1 saturated heterocycles. The van der Waals surface area contributed by atoms with Gasteiger partial charge in [0.25, 0.3) is 11.8 Å². The maximum Gasteiger partial charge on any atom is 0.256 e. The average molecular weight is 437 g/mol. The fourth-order valence-corrected chi connectivity index (χ4v) is 4.24. The Hall–Kier alpha value is -2.90. The molecule has 2 aromatic rings. The third-order valence-electron chi connectivity index (χ3n) is 5.89. The largest absolute Gasteiger partial charge is 0.379 e. The van der Waals surface area contributed by atoms with Crippen LogP contribution >= 0.6 is 0 Å². The highest BCUT2D eigenvalue weighted by atomic mass is 16.5. The minimum atomic E-state index is -0.214. The first-order valence-electron chi connectivity index (χ1n) is 11.4. The quantitative estimate of drug-likeness (QED) is 0.666. The van der Waals surface area contributed by atoms with Gasteiger partial charge in [-0.2, -0.15) is 0 Å². The molecular weight excluding hydrogens is 404 g/mol. The Labute approximate surface area is 189 Å². The summed E-state index contributed by atoms with van der Waals surface area (Å²) in [7, 11) is 0. The number of hydrogen-bond acceptors (Lipinski definition) is 5. The van der Waals surface area contributed by atoms with Crippen LogP contribution in [0.4, 0.5) is 5.69 Å². The number of carbonyl (C=O) groups is 2. The van der Waals surface area contributed by atoms with Gasteiger partial charge in [-0.1, -0.05) is 32.0 Å². The molecule has 32 heavy (non-hydrogen) atoms. The molecule has 0 radical (unpaired) electrons. The predicted molar refractivity (Wildman–Crippen MR) is 125 cm³/mol. The number of carbonyl (C=O) groups excluding carboxylic acids is 2. The van der Waals surface area contributed by atoms with Crippen LogP contribution in [0.15, 0.2) is 48.5 Å². The van der Waals surface area contributed by atoms with Gasteiger partial charge in [0.2, 0.25) is 0 Å². The lowest BCUT2D eigenvalue weighted by Crippen LogP contribution is -2.41. The highest BCUT2D eigenvalue weighted by Crippen LogP contribution is 2.34. The first-order chi connectivity index (χ1) is 15.5. The topological polar surface area (TPSA) is 73.9 Å². The Kier molecular flexibility index (Phi) is 7.07. The zero-order valence-corrected chi connectivity index (χ0v) is 18.8. The molecule has 1 atom stereocenters. The molecule has 1 fully saturated rings. The second-order valence-corrected chi connectivity index (χ2v) is 8.77. The monoisotopic (exact) mass is 436 g/mol. The van der Waals surface area contributed by atoms with Crippen molar-refractivity contribution in [2.24, 2.45) is 5.92 Å². The molecule has 2 amide bonds. The number of hydrogen-bond donors (Lipinski definition) is 2. The maximum absolute atomic E-state index is 12.9. The van der Waals surface area contributed by atoms with E-state index >= 15 is 0 Å². The molecular formula is C25H32N4O3. The van der Waals surface area contributed by atoms with Crippen molar-refractivity contribution in [3.05, 3.63) is 65.2 Å². The van der Waals surface area contributed by atoms with Gasteiger partial charge < -0.3 is 20.3 Å². The molecule has 170 valence electrons. The van der Waals surface area contributed by atoms with E-state index in [2.05, 4.69) is 29.4 Å². The van der Waals surface area contributed by atoms with Crippen molar-refractivity contribution in [2.75, 3.05) is 51.3 Å². The van der Waals surface area contributed by atoms with Crippen LogP contribution in [0.2, 0.25) is 0 Å². The van der Waals surface area contributed by atoms with E-state index in [1.54, 1.807) is 0 Å². The molecule has 2 heterocycles. The SMILES string of the molecule is CC(C)CN1C(=O)c2ccccc2C1Nc1ccc(C(=O)NCCN2CCOCC2)cc1. The first-order valence-corrected chi connectivity index (χ1v) is 11.4. The van der Waals surface area contributed by atoms with Gasteiger partial charge in [0, 0.05) is 55.1 Å². The summed E-state index contributed by atoms with van der Waals surface area (Å²) in [5, 5.41) is 6.48. The summed E-state index contributed by atoms with van der Waals surface area (Å²) >= 11 is 0. The van der Waals surface area contributed by atoms with Crippen molar-refractivity contribution in [1.29, 1.82) is 0 Å². The third kappa shape index (κ3) is 5.11. The number of amides is 2. The molecule has 7 nitrogen and oxygen atoms in total. The highest BCUT2D eigenvalue weighted by Gasteiger charge is 2.36. The highest BCUT2D eigenvalue weighted by molar-refractivity contribution is 5.99. The van der Waals surface area contributed by atoms with Gasteiger partial charge in [0.1, 0.15) is 6.17 Å². The van der Waals surface area contributed by atoms with E-state index in [0.29, 0.717) is 24.6 Å². The standard InChI is InChI=1S/C25H32N4O3/c1-18(2)17-29-23(21-5-3-4-6-22(21)25(29)31)27-20-9-7-19(8-10-20)24(30)26-11-12-28-13-15-32-16-14-28/h3-10,18,23,27H,11-17H2,1-2H3,(H,26,30). The second kappa shape index (κ2) is 10.1. The lowest BCUT2D eigenvalue weighted by Gasteiger charge is -2.28. The van der Waals surface area contributed by atoms with Gasteiger partial charge in [0.15, 0.2) is 0 Å². The van der Waals surface area contributed by atoms with Crippen molar-refractivity contribution in [2.45, 2.75) is 20.0 Å². The van der Waals surface area contributed by atoms with E-state index in [-0.39, 0.29) is 18.0 Å². The Balaban J connectivity index is 1.38. The number of ether oxygens (including phenoxy) is 1. The molecule has 2 aliphatic rings. The summed E-state index contributed by atoms with van der Waals surface area (Å²) in [5.41, 5.74) is 3.24. The van der Waals surface area contributed by atoms with Crippen LogP contribution in [0, 0.1) is 5.92 Å². The molecule has 2 aliphatic heterocycles. The summed E-state index contributed by atoms with van der Waals surface area (Å²) in [6, 6.07) is 15.2. The predicted octanol–water partition coefficient (Wildman–Crippen LogP) is 2.97. The molecule has 1 unspecified atom stereocenters. The summed E-state index contributed by atoms with van der Waals surface area (Å²) in [6.45, 7) is 9.68. The molecule has 0 spiro atoms. The van der Waals surface area contributed by atoms with Crippen molar-refractivity contribution in [1.82, 2.24) is 15.1 Å². The molecule has 2 N–H and O–H groups in total. The van der Waals surface area contributed by atoms with Crippen molar-refractivity contribution < 1.29 is 14.3 Å². The summed E-state index contributed by atoms with van der Waals surface area (Å²) in [4.78, 5) is 29.6. The van der Waals surface area contributed by atoms with Crippen molar-refractivity contribution in [3.63, 3.8) is 0 Å². The van der Waals surface area contributed by atoms with Crippen LogP contribution in [-0.2, 0) is 4.74 Å². The zero-order chi connectivity index (χ0) is 22.5. The van der Waals surface area contributed by atoms with E-state index in [1.165, 1.54) is 0 Å². The molecule has 4 rings (SSSR count). The number of benzene rings is 2. The smallest absolute Gasteiger partial charge is 0.256 e. The minimum Gasteiger partial charge on any atom is -0.379 e. The van der Waals surface area contributed by atoms with Gasteiger partial charge in [-0.3, -0.25) is 14.5 Å². The Morgan fingerprint density at radius 3 is 2.53 bits per heavy atom. The summed E-state index contributed by atoms with van der Waals surface area (Å²) in [6.07, 6.45) is -0.214. The molecule has 0 aromatic heterocycles. The van der Waals surface area contributed by atoms with E-state index in [1.807, 2.05) is 53.4 Å². The Bertz CT molecular complexity index is 938. The molecule has 0 bridgehead atoms. The normalized spacial score (nSPS) is 18.7. The average Bonchev–Trinajstić information content (AvgIpc) is 3.06. The number of fused-ring (bicyclic) bond motifs is 1. The van der Waals surface area contributed by atoms with E-state index in [9.17, 15) is 9.59 Å². The van der Waals surface area contributed by atoms with Gasteiger partial charge in [-0.25, -0.2) is 0 Å². The van der Waals surface area contributed by atoms with Crippen LogP contribution in [-0.4, -0.2) is 67.6 Å². The van der Waals surface area contributed by atoms with E-state index in [4.69, 9.17) is 4.74 Å². The molecule has 7 heteroatoms. The number of morpholine rings is 1. The summed E-state index contributed by atoms with van der Waals surface area (Å²) in [5.74, 6) is 0.344. The van der Waals surface area contributed by atoms with Crippen LogP contribution in [0.25, 0.3) is 0 Å². The fraction of sp³-hybridized carbons (Fsp3) is 0.440. The number of anilines is 1. The number of nitrogens with zero attached hydrogens (tertiary/aromatic N) is 2. The maximum atomic E-state index is 12.9. The Morgan fingerprint density at radius 1 is 1.09 bits per heavy atom. The van der Waals surface area contributed by atoms with E-state index < -0.39 is 0 Å². The van der Waals surface area contributed by atoms with Crippen molar-refractivity contribution >= 4 is 17.5 Å². The minimum absolute atomic E-state index is 0.0584. The molecule has 0 saturated carbocycles. The number of rotatable bonds is 8. The summed E-state index contributed by atoms with van der Waals surface area (Å²) < 4.78 is 5.35. The second-order valence-electron chi connectivity index (χ2n) is 8.77. The van der Waals surface area contributed by atoms with Gasteiger partial charge in [0.05, 0.1) is 13.2 Å².